The minimum absolute atomic E-state index is 0.214. The molecule has 2 aromatic rings. The highest BCUT2D eigenvalue weighted by Gasteiger charge is 2.16. The quantitative estimate of drug-likeness (QED) is 0.892. The monoisotopic (exact) mass is 257 g/mol. The van der Waals surface area contributed by atoms with Gasteiger partial charge in [0.25, 0.3) is 0 Å². The van der Waals surface area contributed by atoms with Crippen molar-refractivity contribution in [2.24, 2.45) is 7.05 Å². The summed E-state index contributed by atoms with van der Waals surface area (Å²) in [6.45, 7) is 7.49. The van der Waals surface area contributed by atoms with E-state index in [2.05, 4.69) is 53.8 Å². The SMILES string of the molecule is CCCNC(c1cc(C)cc(C)c1)c1cncn1C. The summed E-state index contributed by atoms with van der Waals surface area (Å²) < 4.78 is 2.09. The molecule has 0 saturated carbocycles. The summed E-state index contributed by atoms with van der Waals surface area (Å²) in [7, 11) is 2.05. The van der Waals surface area contributed by atoms with Gasteiger partial charge in [-0.2, -0.15) is 0 Å². The van der Waals surface area contributed by atoms with Crippen LogP contribution in [-0.2, 0) is 7.05 Å². The molecule has 0 aliphatic rings. The molecule has 0 fully saturated rings. The van der Waals surface area contributed by atoms with Crippen LogP contribution >= 0.6 is 0 Å². The molecular formula is C16H23N3. The lowest BCUT2D eigenvalue weighted by atomic mass is 9.99. The van der Waals surface area contributed by atoms with Crippen LogP contribution < -0.4 is 5.32 Å². The van der Waals surface area contributed by atoms with E-state index < -0.39 is 0 Å². The summed E-state index contributed by atoms with van der Waals surface area (Å²) >= 11 is 0. The summed E-state index contributed by atoms with van der Waals surface area (Å²) in [6, 6.07) is 6.94. The van der Waals surface area contributed by atoms with Crippen molar-refractivity contribution in [1.29, 1.82) is 0 Å². The molecule has 0 aliphatic heterocycles. The topological polar surface area (TPSA) is 29.9 Å². The third-order valence-electron chi connectivity index (χ3n) is 3.33. The fourth-order valence-electron chi connectivity index (χ4n) is 2.50. The summed E-state index contributed by atoms with van der Waals surface area (Å²) in [5.41, 5.74) is 5.13. The molecule has 1 atom stereocenters. The van der Waals surface area contributed by atoms with Gasteiger partial charge in [0.05, 0.1) is 24.3 Å². The highest BCUT2D eigenvalue weighted by atomic mass is 15.1. The van der Waals surface area contributed by atoms with Crippen molar-refractivity contribution < 1.29 is 0 Å². The van der Waals surface area contributed by atoms with Crippen LogP contribution in [0.2, 0.25) is 0 Å². The molecular weight excluding hydrogens is 234 g/mol. The Kier molecular flexibility index (Phi) is 4.38. The van der Waals surface area contributed by atoms with Crippen molar-refractivity contribution in [3.05, 3.63) is 53.1 Å². The molecule has 3 nitrogen and oxygen atoms in total. The Balaban J connectivity index is 2.39. The van der Waals surface area contributed by atoms with E-state index in [4.69, 9.17) is 0 Å². The molecule has 1 heterocycles. The first-order valence-electron chi connectivity index (χ1n) is 6.89. The fourth-order valence-corrected chi connectivity index (χ4v) is 2.50. The minimum Gasteiger partial charge on any atom is -0.336 e. The van der Waals surface area contributed by atoms with E-state index in [1.54, 1.807) is 0 Å². The van der Waals surface area contributed by atoms with E-state index in [0.29, 0.717) is 0 Å². The minimum atomic E-state index is 0.214. The molecule has 1 aromatic heterocycles. The summed E-state index contributed by atoms with van der Waals surface area (Å²) in [4.78, 5) is 4.24. The zero-order valence-electron chi connectivity index (χ0n) is 12.3. The maximum Gasteiger partial charge on any atom is 0.0946 e. The molecule has 0 spiro atoms. The van der Waals surface area contributed by atoms with Gasteiger partial charge in [-0.25, -0.2) is 4.98 Å². The highest BCUT2D eigenvalue weighted by Crippen LogP contribution is 2.23. The van der Waals surface area contributed by atoms with Crippen LogP contribution in [0.1, 0.15) is 41.8 Å². The lowest BCUT2D eigenvalue weighted by molar-refractivity contribution is 0.569. The average molecular weight is 257 g/mol. The molecule has 102 valence electrons. The largest absolute Gasteiger partial charge is 0.336 e. The zero-order valence-corrected chi connectivity index (χ0v) is 12.3. The van der Waals surface area contributed by atoms with Crippen LogP contribution in [0.5, 0.6) is 0 Å². The van der Waals surface area contributed by atoms with Gasteiger partial charge in [0.15, 0.2) is 0 Å². The summed E-state index contributed by atoms with van der Waals surface area (Å²) in [6.07, 6.45) is 4.93. The fraction of sp³-hybridized carbons (Fsp3) is 0.438. The van der Waals surface area contributed by atoms with Crippen LogP contribution in [0, 0.1) is 13.8 Å². The molecule has 1 unspecified atom stereocenters. The number of hydrogen-bond acceptors (Lipinski definition) is 2. The molecule has 0 amide bonds. The van der Waals surface area contributed by atoms with Gasteiger partial charge in [0.2, 0.25) is 0 Å². The number of aromatic nitrogens is 2. The lowest BCUT2D eigenvalue weighted by Crippen LogP contribution is -2.25. The van der Waals surface area contributed by atoms with Crippen LogP contribution in [0.3, 0.4) is 0 Å². The van der Waals surface area contributed by atoms with Crippen molar-refractivity contribution in [2.45, 2.75) is 33.2 Å². The maximum atomic E-state index is 4.24. The van der Waals surface area contributed by atoms with Gasteiger partial charge in [-0.15, -0.1) is 0 Å². The second-order valence-electron chi connectivity index (χ2n) is 5.24. The first-order chi connectivity index (χ1) is 9.11. The number of benzene rings is 1. The predicted molar refractivity (Wildman–Crippen MR) is 79.3 cm³/mol. The van der Waals surface area contributed by atoms with E-state index in [-0.39, 0.29) is 6.04 Å². The molecule has 0 aliphatic carbocycles. The van der Waals surface area contributed by atoms with E-state index in [1.165, 1.54) is 22.4 Å². The third-order valence-corrected chi connectivity index (χ3v) is 3.33. The number of nitrogens with one attached hydrogen (secondary N) is 1. The van der Waals surface area contributed by atoms with E-state index in [0.717, 1.165) is 13.0 Å². The number of nitrogens with zero attached hydrogens (tertiary/aromatic N) is 2. The van der Waals surface area contributed by atoms with Crippen LogP contribution in [0.4, 0.5) is 0 Å². The molecule has 0 bridgehead atoms. The Morgan fingerprint density at radius 1 is 1.21 bits per heavy atom. The van der Waals surface area contributed by atoms with Crippen LogP contribution in [0.15, 0.2) is 30.7 Å². The number of aryl methyl sites for hydroxylation is 3. The maximum absolute atomic E-state index is 4.24. The van der Waals surface area contributed by atoms with Gasteiger partial charge in [0, 0.05) is 7.05 Å². The van der Waals surface area contributed by atoms with Crippen molar-refractivity contribution in [2.75, 3.05) is 6.54 Å². The van der Waals surface area contributed by atoms with Gasteiger partial charge < -0.3 is 9.88 Å². The first-order valence-corrected chi connectivity index (χ1v) is 6.89. The molecule has 1 aromatic carbocycles. The Morgan fingerprint density at radius 2 is 1.89 bits per heavy atom. The van der Waals surface area contributed by atoms with Crippen molar-refractivity contribution >= 4 is 0 Å². The Morgan fingerprint density at radius 3 is 2.42 bits per heavy atom. The summed E-state index contributed by atoms with van der Waals surface area (Å²) in [5, 5.41) is 3.62. The molecule has 2 rings (SSSR count). The molecule has 0 saturated heterocycles. The molecule has 19 heavy (non-hydrogen) atoms. The van der Waals surface area contributed by atoms with Crippen molar-refractivity contribution in [3.8, 4) is 0 Å². The van der Waals surface area contributed by atoms with Gasteiger partial charge in [-0.05, 0) is 32.4 Å². The second kappa shape index (κ2) is 6.02. The Labute approximate surface area is 115 Å². The second-order valence-corrected chi connectivity index (χ2v) is 5.24. The highest BCUT2D eigenvalue weighted by molar-refractivity contribution is 5.34. The first kappa shape index (κ1) is 13.8. The predicted octanol–water partition coefficient (Wildman–Crippen LogP) is 3.13. The van der Waals surface area contributed by atoms with Gasteiger partial charge >= 0.3 is 0 Å². The van der Waals surface area contributed by atoms with Crippen LogP contribution in [0.25, 0.3) is 0 Å². The zero-order chi connectivity index (χ0) is 13.8. The number of rotatable bonds is 5. The van der Waals surface area contributed by atoms with Crippen LogP contribution in [-0.4, -0.2) is 16.1 Å². The van der Waals surface area contributed by atoms with Gasteiger partial charge in [-0.1, -0.05) is 36.2 Å². The van der Waals surface area contributed by atoms with E-state index in [9.17, 15) is 0 Å². The van der Waals surface area contributed by atoms with Gasteiger partial charge in [0.1, 0.15) is 0 Å². The van der Waals surface area contributed by atoms with Crippen molar-refractivity contribution in [3.63, 3.8) is 0 Å². The van der Waals surface area contributed by atoms with E-state index in [1.807, 2.05) is 19.6 Å². The number of imidazole rings is 1. The Bertz CT molecular complexity index is 522. The molecule has 3 heteroatoms. The van der Waals surface area contributed by atoms with E-state index >= 15 is 0 Å². The van der Waals surface area contributed by atoms with Crippen molar-refractivity contribution in [1.82, 2.24) is 14.9 Å². The average Bonchev–Trinajstić information content (AvgIpc) is 2.75. The standard InChI is InChI=1S/C16H23N3/c1-5-6-18-16(15-10-17-11-19(15)4)14-8-12(2)7-13(3)9-14/h7-11,16,18H,5-6H2,1-4H3. The molecule has 1 N–H and O–H groups in total. The normalized spacial score (nSPS) is 12.6. The lowest BCUT2D eigenvalue weighted by Gasteiger charge is -2.20. The smallest absolute Gasteiger partial charge is 0.0946 e. The number of hydrogen-bond donors (Lipinski definition) is 1. The van der Waals surface area contributed by atoms with Gasteiger partial charge in [-0.3, -0.25) is 0 Å². The summed E-state index contributed by atoms with van der Waals surface area (Å²) in [5.74, 6) is 0. The molecule has 0 radical (unpaired) electrons. The Hall–Kier alpha value is -1.61. The third kappa shape index (κ3) is 3.24.